The van der Waals surface area contributed by atoms with Crippen molar-refractivity contribution in [2.45, 2.75) is 26.0 Å². The third kappa shape index (κ3) is 4.22. The third-order valence-electron chi connectivity index (χ3n) is 2.12. The number of carbonyl (C=O) groups is 2. The molecule has 1 aromatic carbocycles. The van der Waals surface area contributed by atoms with Gasteiger partial charge in [0.2, 0.25) is 0 Å². The fourth-order valence-electron chi connectivity index (χ4n) is 1.06. The van der Waals surface area contributed by atoms with Gasteiger partial charge in [-0.3, -0.25) is 4.79 Å². The molecule has 0 atom stereocenters. The molecule has 0 aliphatic carbocycles. The molecule has 0 aliphatic heterocycles. The van der Waals surface area contributed by atoms with Gasteiger partial charge in [-0.15, -0.1) is 0 Å². The van der Waals surface area contributed by atoms with Crippen molar-refractivity contribution in [1.82, 2.24) is 5.32 Å². The van der Waals surface area contributed by atoms with Gasteiger partial charge in [0.15, 0.2) is 0 Å². The molecule has 1 amide bonds. The molecule has 0 bridgehead atoms. The van der Waals surface area contributed by atoms with E-state index in [9.17, 15) is 14.0 Å². The Kier molecular flexibility index (Phi) is 4.20. The second-order valence-electron chi connectivity index (χ2n) is 4.09. The molecule has 5 heteroatoms. The van der Waals surface area contributed by atoms with Crippen LogP contribution < -0.4 is 5.32 Å². The number of hydrogen-bond donors (Lipinski definition) is 1. The van der Waals surface area contributed by atoms with Gasteiger partial charge >= 0.3 is 12.1 Å². The molecular weight excluding hydrogens is 225 g/mol. The number of amides is 1. The van der Waals surface area contributed by atoms with Crippen molar-refractivity contribution in [1.29, 1.82) is 0 Å². The number of rotatable bonds is 4. The lowest BCUT2D eigenvalue weighted by molar-refractivity contribution is -0.134. The standard InChI is InChI=1S/C12H14FNO3/c1-12(2,10(13)15)14-11(16)17-8-9-6-4-3-5-7-9/h3-7H,8H2,1-2H3,(H,14,16). The maximum Gasteiger partial charge on any atom is 0.408 e. The van der Waals surface area contributed by atoms with Gasteiger partial charge in [-0.25, -0.2) is 4.79 Å². The van der Waals surface area contributed by atoms with Gasteiger partial charge in [-0.05, 0) is 19.4 Å². The topological polar surface area (TPSA) is 55.4 Å². The lowest BCUT2D eigenvalue weighted by Gasteiger charge is -2.19. The highest BCUT2D eigenvalue weighted by Crippen LogP contribution is 2.06. The van der Waals surface area contributed by atoms with Gasteiger partial charge in [0.1, 0.15) is 12.1 Å². The van der Waals surface area contributed by atoms with E-state index in [1.54, 1.807) is 12.1 Å². The van der Waals surface area contributed by atoms with Gasteiger partial charge in [-0.1, -0.05) is 30.3 Å². The van der Waals surface area contributed by atoms with Crippen LogP contribution in [-0.2, 0) is 16.1 Å². The van der Waals surface area contributed by atoms with Crippen LogP contribution in [0, 0.1) is 0 Å². The van der Waals surface area contributed by atoms with E-state index in [-0.39, 0.29) is 6.61 Å². The number of hydrogen-bond acceptors (Lipinski definition) is 3. The van der Waals surface area contributed by atoms with Crippen molar-refractivity contribution < 1.29 is 18.7 Å². The first kappa shape index (κ1) is 13.2. The zero-order valence-corrected chi connectivity index (χ0v) is 9.70. The highest BCUT2D eigenvalue weighted by molar-refractivity contribution is 5.83. The molecule has 92 valence electrons. The summed E-state index contributed by atoms with van der Waals surface area (Å²) >= 11 is 0. The zero-order valence-electron chi connectivity index (χ0n) is 9.70. The van der Waals surface area contributed by atoms with E-state index >= 15 is 0 Å². The Labute approximate surface area is 98.8 Å². The van der Waals surface area contributed by atoms with Crippen molar-refractivity contribution >= 4 is 12.1 Å². The summed E-state index contributed by atoms with van der Waals surface area (Å²) in [5.74, 6) is 0. The molecule has 1 rings (SSSR count). The Bertz CT molecular complexity index is 403. The number of halogens is 1. The molecule has 0 fully saturated rings. The first-order chi connectivity index (χ1) is 7.92. The lowest BCUT2D eigenvalue weighted by Crippen LogP contribution is -2.48. The number of alkyl carbamates (subject to hydrolysis) is 1. The van der Waals surface area contributed by atoms with E-state index in [0.29, 0.717) is 0 Å². The molecule has 0 aliphatic rings. The third-order valence-corrected chi connectivity index (χ3v) is 2.12. The van der Waals surface area contributed by atoms with Crippen LogP contribution in [0.1, 0.15) is 19.4 Å². The first-order valence-electron chi connectivity index (χ1n) is 5.10. The largest absolute Gasteiger partial charge is 0.445 e. The minimum absolute atomic E-state index is 0.0726. The highest BCUT2D eigenvalue weighted by atomic mass is 19.1. The summed E-state index contributed by atoms with van der Waals surface area (Å²) in [6.07, 6.45) is -0.829. The molecule has 17 heavy (non-hydrogen) atoms. The van der Waals surface area contributed by atoms with Gasteiger partial charge in [0.25, 0.3) is 0 Å². The smallest absolute Gasteiger partial charge is 0.408 e. The maximum atomic E-state index is 12.5. The summed E-state index contributed by atoms with van der Waals surface area (Å²) in [6.45, 7) is 2.60. The van der Waals surface area contributed by atoms with Crippen LogP contribution in [0.5, 0.6) is 0 Å². The Morgan fingerprint density at radius 2 is 1.88 bits per heavy atom. The van der Waals surface area contributed by atoms with Crippen LogP contribution in [0.2, 0.25) is 0 Å². The van der Waals surface area contributed by atoms with Gasteiger partial charge < -0.3 is 10.1 Å². The second kappa shape index (κ2) is 5.43. The van der Waals surface area contributed by atoms with Crippen LogP contribution in [0.25, 0.3) is 0 Å². The fourth-order valence-corrected chi connectivity index (χ4v) is 1.06. The minimum Gasteiger partial charge on any atom is -0.445 e. The Hall–Kier alpha value is -1.91. The van der Waals surface area contributed by atoms with Gasteiger partial charge in [0.05, 0.1) is 0 Å². The fraction of sp³-hybridized carbons (Fsp3) is 0.333. The molecule has 1 aromatic rings. The van der Waals surface area contributed by atoms with E-state index in [0.717, 1.165) is 5.56 Å². The average molecular weight is 239 g/mol. The molecule has 0 saturated heterocycles. The predicted octanol–water partition coefficient (Wildman–Crippen LogP) is 2.19. The summed E-state index contributed by atoms with van der Waals surface area (Å²) in [6, 6.07) is 7.43. The Morgan fingerprint density at radius 3 is 2.41 bits per heavy atom. The predicted molar refractivity (Wildman–Crippen MR) is 60.0 cm³/mol. The number of carbonyl (C=O) groups excluding carboxylic acids is 2. The number of ether oxygens (including phenoxy) is 1. The normalized spacial score (nSPS) is 10.8. The van der Waals surface area contributed by atoms with Crippen LogP contribution in [0.4, 0.5) is 9.18 Å². The SMILES string of the molecule is CC(C)(NC(=O)OCc1ccccc1)C(=O)F. The molecule has 0 unspecified atom stereocenters. The van der Waals surface area contributed by atoms with Crippen molar-refractivity contribution in [2.75, 3.05) is 0 Å². The summed E-state index contributed by atoms with van der Waals surface area (Å²) in [5.41, 5.74) is -0.750. The van der Waals surface area contributed by atoms with Crippen LogP contribution in [-0.4, -0.2) is 17.7 Å². The van der Waals surface area contributed by atoms with E-state index in [2.05, 4.69) is 5.32 Å². The molecular formula is C12H14FNO3. The van der Waals surface area contributed by atoms with Gasteiger partial charge in [0, 0.05) is 0 Å². The monoisotopic (exact) mass is 239 g/mol. The summed E-state index contributed by atoms with van der Waals surface area (Å²) in [5, 5.41) is 2.14. The summed E-state index contributed by atoms with van der Waals surface area (Å²) in [4.78, 5) is 21.8. The van der Waals surface area contributed by atoms with Crippen molar-refractivity contribution in [3.63, 3.8) is 0 Å². The highest BCUT2D eigenvalue weighted by Gasteiger charge is 2.30. The number of benzene rings is 1. The van der Waals surface area contributed by atoms with E-state index in [1.807, 2.05) is 18.2 Å². The van der Waals surface area contributed by atoms with Crippen molar-refractivity contribution in [2.24, 2.45) is 0 Å². The summed E-state index contributed by atoms with van der Waals surface area (Å²) < 4.78 is 17.3. The van der Waals surface area contributed by atoms with E-state index in [4.69, 9.17) is 4.74 Å². The first-order valence-corrected chi connectivity index (χ1v) is 5.10. The van der Waals surface area contributed by atoms with Crippen molar-refractivity contribution in [3.8, 4) is 0 Å². The molecule has 0 saturated carbocycles. The minimum atomic E-state index is -1.62. The van der Waals surface area contributed by atoms with Crippen LogP contribution in [0.3, 0.4) is 0 Å². The summed E-state index contributed by atoms with van der Waals surface area (Å²) in [7, 11) is 0. The number of nitrogens with one attached hydrogen (secondary N) is 1. The Morgan fingerprint density at radius 1 is 1.29 bits per heavy atom. The van der Waals surface area contributed by atoms with Crippen LogP contribution in [0.15, 0.2) is 30.3 Å². The van der Waals surface area contributed by atoms with Gasteiger partial charge in [-0.2, -0.15) is 4.39 Å². The van der Waals surface area contributed by atoms with Crippen LogP contribution >= 0.6 is 0 Å². The molecule has 0 heterocycles. The Balaban J connectivity index is 2.44. The molecule has 0 radical (unpaired) electrons. The lowest BCUT2D eigenvalue weighted by atomic mass is 10.1. The molecule has 0 aromatic heterocycles. The maximum absolute atomic E-state index is 12.5. The van der Waals surface area contributed by atoms with E-state index in [1.165, 1.54) is 13.8 Å². The molecule has 0 spiro atoms. The average Bonchev–Trinajstić information content (AvgIpc) is 2.27. The molecule has 4 nitrogen and oxygen atoms in total. The van der Waals surface area contributed by atoms with Crippen molar-refractivity contribution in [3.05, 3.63) is 35.9 Å². The zero-order chi connectivity index (χ0) is 12.9. The quantitative estimate of drug-likeness (QED) is 0.819. The van der Waals surface area contributed by atoms with E-state index < -0.39 is 17.7 Å². The molecule has 1 N–H and O–H groups in total. The second-order valence-corrected chi connectivity index (χ2v) is 4.09.